The summed E-state index contributed by atoms with van der Waals surface area (Å²) in [7, 11) is -2.15. The number of esters is 1. The summed E-state index contributed by atoms with van der Waals surface area (Å²) in [6, 6.07) is 1.84. The molecule has 0 spiro atoms. The van der Waals surface area contributed by atoms with Crippen molar-refractivity contribution in [3.05, 3.63) is 33.4 Å². The molecule has 1 aliphatic heterocycles. The van der Waals surface area contributed by atoms with Crippen LogP contribution >= 0.6 is 0 Å². The summed E-state index contributed by atoms with van der Waals surface area (Å²) in [5, 5.41) is -0.00732. The maximum Gasteiger partial charge on any atom is 0.342 e. The van der Waals surface area contributed by atoms with Gasteiger partial charge in [0.15, 0.2) is 14.4 Å². The molecule has 2 aliphatic rings. The van der Waals surface area contributed by atoms with E-state index in [4.69, 9.17) is 18.3 Å². The first kappa shape index (κ1) is 20.3. The maximum atomic E-state index is 12.9. The van der Waals surface area contributed by atoms with E-state index < -0.39 is 32.1 Å². The number of ether oxygens (including phenoxy) is 2. The van der Waals surface area contributed by atoms with Crippen molar-refractivity contribution in [3.63, 3.8) is 0 Å². The van der Waals surface area contributed by atoms with Crippen LogP contribution < -0.4 is 5.63 Å². The Hall–Kier alpha value is -1.44. The third kappa shape index (κ3) is 3.77. The first-order valence-electron chi connectivity index (χ1n) is 9.63. The molecule has 1 aromatic heterocycles. The Morgan fingerprint density at radius 2 is 1.85 bits per heavy atom. The smallest absolute Gasteiger partial charge is 0.342 e. The Morgan fingerprint density at radius 1 is 1.22 bits per heavy atom. The SMILES string of the molecule is CCCc1cc2c(c(=O)o1)[C@@H](O[Si](C)(C)C(C)(C)C)[C@@H]1O[C@@H]1[C@H]2OC(C)=O. The van der Waals surface area contributed by atoms with Gasteiger partial charge in [-0.1, -0.05) is 27.7 Å². The van der Waals surface area contributed by atoms with Gasteiger partial charge in [-0.2, -0.15) is 0 Å². The van der Waals surface area contributed by atoms with Crippen LogP contribution in [0.1, 0.15) is 70.1 Å². The molecule has 27 heavy (non-hydrogen) atoms. The quantitative estimate of drug-likeness (QED) is 0.426. The van der Waals surface area contributed by atoms with Gasteiger partial charge >= 0.3 is 11.6 Å². The molecule has 1 saturated heterocycles. The molecule has 0 unspecified atom stereocenters. The lowest BCUT2D eigenvalue weighted by molar-refractivity contribution is -0.148. The number of rotatable bonds is 5. The van der Waals surface area contributed by atoms with Crippen LogP contribution in [0.15, 0.2) is 15.3 Å². The largest absolute Gasteiger partial charge is 0.455 e. The van der Waals surface area contributed by atoms with Crippen LogP contribution in [0.5, 0.6) is 0 Å². The van der Waals surface area contributed by atoms with Gasteiger partial charge in [0.05, 0.1) is 5.56 Å². The van der Waals surface area contributed by atoms with Gasteiger partial charge in [0.25, 0.3) is 0 Å². The van der Waals surface area contributed by atoms with Crippen molar-refractivity contribution in [3.8, 4) is 0 Å². The minimum absolute atomic E-state index is 0.00732. The zero-order valence-electron chi connectivity index (χ0n) is 17.3. The molecule has 3 rings (SSSR count). The van der Waals surface area contributed by atoms with Crippen LogP contribution in [0.3, 0.4) is 0 Å². The van der Waals surface area contributed by atoms with E-state index in [2.05, 4.69) is 33.9 Å². The van der Waals surface area contributed by atoms with Gasteiger partial charge in [0.2, 0.25) is 0 Å². The Bertz CT molecular complexity index is 791. The highest BCUT2D eigenvalue weighted by Gasteiger charge is 2.60. The van der Waals surface area contributed by atoms with Crippen LogP contribution in [0.2, 0.25) is 18.1 Å². The van der Waals surface area contributed by atoms with Crippen molar-refractivity contribution in [1.82, 2.24) is 0 Å². The molecule has 6 nitrogen and oxygen atoms in total. The van der Waals surface area contributed by atoms with Gasteiger partial charge in [0, 0.05) is 18.9 Å². The molecule has 0 aromatic carbocycles. The Kier molecular flexibility index (Phi) is 5.16. The third-order valence-electron chi connectivity index (χ3n) is 5.84. The lowest BCUT2D eigenvalue weighted by Gasteiger charge is -2.40. The van der Waals surface area contributed by atoms with Gasteiger partial charge in [-0.25, -0.2) is 4.79 Å². The zero-order valence-corrected chi connectivity index (χ0v) is 18.3. The molecule has 4 atom stereocenters. The maximum absolute atomic E-state index is 12.9. The Labute approximate surface area is 161 Å². The molecule has 1 aliphatic carbocycles. The van der Waals surface area contributed by atoms with Crippen molar-refractivity contribution in [2.24, 2.45) is 0 Å². The second-order valence-corrected chi connectivity index (χ2v) is 13.8. The van der Waals surface area contributed by atoms with Gasteiger partial charge in [-0.15, -0.1) is 0 Å². The Balaban J connectivity index is 2.07. The fourth-order valence-electron chi connectivity index (χ4n) is 3.35. The predicted molar refractivity (Wildman–Crippen MR) is 103 cm³/mol. The molecule has 2 heterocycles. The summed E-state index contributed by atoms with van der Waals surface area (Å²) in [5.74, 6) is 0.206. The number of carbonyl (C=O) groups excluding carboxylic acids is 1. The second kappa shape index (κ2) is 6.86. The lowest BCUT2D eigenvalue weighted by Crippen LogP contribution is -2.45. The summed E-state index contributed by atoms with van der Waals surface area (Å²) in [5.41, 5.74) is 0.711. The average Bonchev–Trinajstić information content (AvgIpc) is 3.29. The summed E-state index contributed by atoms with van der Waals surface area (Å²) < 4.78 is 23.5. The molecule has 0 bridgehead atoms. The standard InChI is InChI=1S/C20H30O6Si/c1-8-9-12-10-13-14(19(22)24-12)16(26-27(6,7)20(3,4)5)18-17(25-18)15(13)23-11(2)21/h10,15-18H,8-9H2,1-7H3/t15-,16+,17+,18-/m0/s1. The third-order valence-corrected chi connectivity index (χ3v) is 10.3. The van der Waals surface area contributed by atoms with E-state index in [1.807, 2.05) is 13.0 Å². The molecular formula is C20H30O6Si. The minimum Gasteiger partial charge on any atom is -0.455 e. The van der Waals surface area contributed by atoms with Gasteiger partial charge < -0.3 is 18.3 Å². The van der Waals surface area contributed by atoms with Gasteiger partial charge in [-0.05, 0) is 30.6 Å². The highest BCUT2D eigenvalue weighted by Crippen LogP contribution is 2.53. The molecule has 7 heteroatoms. The summed E-state index contributed by atoms with van der Waals surface area (Å²) in [6.07, 6.45) is -0.112. The van der Waals surface area contributed by atoms with E-state index in [0.717, 1.165) is 6.42 Å². The van der Waals surface area contributed by atoms with E-state index in [1.54, 1.807) is 0 Å². The van der Waals surface area contributed by atoms with Gasteiger partial charge in [-0.3, -0.25) is 4.79 Å². The van der Waals surface area contributed by atoms with Crippen LogP contribution in [-0.2, 0) is 25.1 Å². The van der Waals surface area contributed by atoms with Crippen LogP contribution in [-0.4, -0.2) is 26.5 Å². The van der Waals surface area contributed by atoms with E-state index >= 15 is 0 Å². The molecule has 1 aromatic rings. The molecule has 0 N–H and O–H groups in total. The van der Waals surface area contributed by atoms with E-state index in [0.29, 0.717) is 23.3 Å². The first-order chi connectivity index (χ1) is 12.5. The fraction of sp³-hybridized carbons (Fsp3) is 0.700. The molecule has 0 saturated carbocycles. The van der Waals surface area contributed by atoms with Crippen molar-refractivity contribution >= 4 is 14.3 Å². The number of carbonyl (C=O) groups is 1. The molecule has 1 fully saturated rings. The summed E-state index contributed by atoms with van der Waals surface area (Å²) in [6.45, 7) is 14.2. The van der Waals surface area contributed by atoms with E-state index in [1.165, 1.54) is 6.92 Å². The normalized spacial score (nSPS) is 26.9. The lowest BCUT2D eigenvalue weighted by atomic mass is 9.88. The number of hydrogen-bond acceptors (Lipinski definition) is 6. The van der Waals surface area contributed by atoms with Crippen molar-refractivity contribution < 1.29 is 23.1 Å². The number of epoxide rings is 1. The van der Waals surface area contributed by atoms with E-state index in [-0.39, 0.29) is 17.2 Å². The van der Waals surface area contributed by atoms with Crippen molar-refractivity contribution in [1.29, 1.82) is 0 Å². The van der Waals surface area contributed by atoms with Crippen LogP contribution in [0, 0.1) is 0 Å². The molecule has 0 radical (unpaired) electrons. The highest BCUT2D eigenvalue weighted by molar-refractivity contribution is 6.74. The summed E-state index contributed by atoms with van der Waals surface area (Å²) in [4.78, 5) is 24.5. The average molecular weight is 395 g/mol. The molecular weight excluding hydrogens is 364 g/mol. The van der Waals surface area contributed by atoms with Gasteiger partial charge in [0.1, 0.15) is 24.1 Å². The first-order valence-corrected chi connectivity index (χ1v) is 12.5. The fourth-order valence-corrected chi connectivity index (χ4v) is 4.59. The second-order valence-electron chi connectivity index (χ2n) is 9.01. The van der Waals surface area contributed by atoms with E-state index in [9.17, 15) is 9.59 Å². The molecule has 0 amide bonds. The molecule has 150 valence electrons. The highest BCUT2D eigenvalue weighted by atomic mass is 28.4. The van der Waals surface area contributed by atoms with Crippen molar-refractivity contribution in [2.75, 3.05) is 0 Å². The Morgan fingerprint density at radius 3 is 2.41 bits per heavy atom. The predicted octanol–water partition coefficient (Wildman–Crippen LogP) is 4.04. The summed E-state index contributed by atoms with van der Waals surface area (Å²) >= 11 is 0. The minimum atomic E-state index is -2.15. The number of hydrogen-bond donors (Lipinski definition) is 0. The van der Waals surface area contributed by atoms with Crippen molar-refractivity contribution in [2.45, 2.75) is 90.0 Å². The topological polar surface area (TPSA) is 78.3 Å². The van der Waals surface area contributed by atoms with Crippen LogP contribution in [0.25, 0.3) is 0 Å². The number of fused-ring (bicyclic) bond motifs is 2. The van der Waals surface area contributed by atoms with Crippen LogP contribution in [0.4, 0.5) is 0 Å². The zero-order chi connectivity index (χ0) is 20.1. The monoisotopic (exact) mass is 394 g/mol. The number of aryl methyl sites for hydroxylation is 1.